The Bertz CT molecular complexity index is 681. The van der Waals surface area contributed by atoms with Gasteiger partial charge in [-0.1, -0.05) is 30.3 Å². The third-order valence-electron chi connectivity index (χ3n) is 2.95. The number of rotatable bonds is 6. The van der Waals surface area contributed by atoms with Crippen molar-refractivity contribution in [2.24, 2.45) is 0 Å². The molecule has 0 spiro atoms. The molecule has 0 atom stereocenters. The van der Waals surface area contributed by atoms with Crippen molar-refractivity contribution in [1.82, 2.24) is 5.06 Å². The predicted octanol–water partition coefficient (Wildman–Crippen LogP) is 3.18. The summed E-state index contributed by atoms with van der Waals surface area (Å²) >= 11 is 0. The highest BCUT2D eigenvalue weighted by molar-refractivity contribution is 6.04. The molecule has 0 amide bonds. The minimum atomic E-state index is -0.528. The van der Waals surface area contributed by atoms with E-state index in [0.29, 0.717) is 5.56 Å². The second-order valence-electron chi connectivity index (χ2n) is 4.57. The summed E-state index contributed by atoms with van der Waals surface area (Å²) in [4.78, 5) is 21.9. The minimum Gasteiger partial charge on any atom is -0.289 e. The number of nitro benzene ring substituents is 1. The Morgan fingerprint density at radius 3 is 2.36 bits per heavy atom. The second-order valence-corrected chi connectivity index (χ2v) is 4.57. The van der Waals surface area contributed by atoms with Crippen molar-refractivity contribution < 1.29 is 14.9 Å². The summed E-state index contributed by atoms with van der Waals surface area (Å²) in [5.74, 6) is -0.345. The summed E-state index contributed by atoms with van der Waals surface area (Å²) in [5, 5.41) is 21.2. The lowest BCUT2D eigenvalue weighted by molar-refractivity contribution is -0.384. The minimum absolute atomic E-state index is 0.0756. The van der Waals surface area contributed by atoms with Crippen molar-refractivity contribution in [2.75, 3.05) is 0 Å². The molecular weight excluding hydrogens is 284 g/mol. The Balaban J connectivity index is 1.97. The van der Waals surface area contributed by atoms with Crippen LogP contribution in [0.2, 0.25) is 0 Å². The van der Waals surface area contributed by atoms with E-state index >= 15 is 0 Å². The van der Waals surface area contributed by atoms with E-state index < -0.39 is 4.92 Å². The van der Waals surface area contributed by atoms with E-state index in [9.17, 15) is 20.1 Å². The van der Waals surface area contributed by atoms with Crippen molar-refractivity contribution in [3.63, 3.8) is 0 Å². The number of hydrogen-bond donors (Lipinski definition) is 1. The largest absolute Gasteiger partial charge is 0.289 e. The van der Waals surface area contributed by atoms with Crippen LogP contribution in [0.5, 0.6) is 0 Å². The lowest BCUT2D eigenvalue weighted by Crippen LogP contribution is -2.11. The average molecular weight is 298 g/mol. The Morgan fingerprint density at radius 1 is 1.14 bits per heavy atom. The maximum absolute atomic E-state index is 11.9. The smallest absolute Gasteiger partial charge is 0.269 e. The molecule has 0 heterocycles. The van der Waals surface area contributed by atoms with Crippen LogP contribution in [0, 0.1) is 10.1 Å². The number of non-ortho nitro benzene ring substituents is 1. The number of allylic oxidation sites excluding steroid dienone is 1. The molecule has 0 saturated carbocycles. The molecule has 0 aliphatic carbocycles. The summed E-state index contributed by atoms with van der Waals surface area (Å²) in [6.45, 7) is 0.255. The van der Waals surface area contributed by atoms with Crippen molar-refractivity contribution in [1.29, 1.82) is 0 Å². The lowest BCUT2D eigenvalue weighted by Gasteiger charge is -2.11. The molecule has 2 rings (SSSR count). The molecule has 0 aliphatic rings. The molecule has 112 valence electrons. The number of hydrogen-bond acceptors (Lipinski definition) is 5. The normalized spacial score (nSPS) is 10.6. The van der Waals surface area contributed by atoms with Crippen LogP contribution in [0.4, 0.5) is 5.69 Å². The highest BCUT2D eigenvalue weighted by Crippen LogP contribution is 2.12. The molecule has 2 aromatic carbocycles. The van der Waals surface area contributed by atoms with Gasteiger partial charge < -0.3 is 0 Å². The number of hydroxylamine groups is 2. The van der Waals surface area contributed by atoms with Gasteiger partial charge in [-0.05, 0) is 17.7 Å². The zero-order chi connectivity index (χ0) is 15.9. The van der Waals surface area contributed by atoms with E-state index in [1.54, 1.807) is 0 Å². The fourth-order valence-corrected chi connectivity index (χ4v) is 1.82. The van der Waals surface area contributed by atoms with E-state index in [4.69, 9.17) is 0 Å². The second kappa shape index (κ2) is 7.14. The summed E-state index contributed by atoms with van der Waals surface area (Å²) in [5.41, 5.74) is 1.14. The SMILES string of the molecule is O=C(/C=C\N(O)Cc1ccccc1)c1ccc([N+](=O)[O-])cc1. The van der Waals surface area contributed by atoms with Crippen LogP contribution in [0.25, 0.3) is 0 Å². The van der Waals surface area contributed by atoms with Gasteiger partial charge in [0.1, 0.15) is 0 Å². The molecule has 0 unspecified atom stereocenters. The molecule has 2 aromatic rings. The van der Waals surface area contributed by atoms with Gasteiger partial charge in [0.05, 0.1) is 11.5 Å². The fourth-order valence-electron chi connectivity index (χ4n) is 1.82. The van der Waals surface area contributed by atoms with Crippen molar-refractivity contribution in [3.05, 3.63) is 88.1 Å². The van der Waals surface area contributed by atoms with E-state index in [1.165, 1.54) is 36.5 Å². The highest BCUT2D eigenvalue weighted by Gasteiger charge is 2.07. The first kappa shape index (κ1) is 15.4. The van der Waals surface area contributed by atoms with Gasteiger partial charge in [-0.2, -0.15) is 0 Å². The molecule has 6 nitrogen and oxygen atoms in total. The van der Waals surface area contributed by atoms with Crippen LogP contribution >= 0.6 is 0 Å². The van der Waals surface area contributed by atoms with Gasteiger partial charge >= 0.3 is 0 Å². The summed E-state index contributed by atoms with van der Waals surface area (Å²) in [7, 11) is 0. The number of carbonyl (C=O) groups excluding carboxylic acids is 1. The zero-order valence-electron chi connectivity index (χ0n) is 11.6. The average Bonchev–Trinajstić information content (AvgIpc) is 2.53. The van der Waals surface area contributed by atoms with E-state index in [-0.39, 0.29) is 18.0 Å². The number of nitro groups is 1. The molecule has 0 aliphatic heterocycles. The third kappa shape index (κ3) is 4.26. The Hall–Kier alpha value is -2.99. The Kier molecular flexibility index (Phi) is 5.00. The molecule has 6 heteroatoms. The lowest BCUT2D eigenvalue weighted by atomic mass is 10.1. The van der Waals surface area contributed by atoms with Crippen molar-refractivity contribution >= 4 is 11.5 Å². The molecule has 1 N–H and O–H groups in total. The van der Waals surface area contributed by atoms with Gasteiger partial charge in [0.2, 0.25) is 0 Å². The van der Waals surface area contributed by atoms with Crippen molar-refractivity contribution in [2.45, 2.75) is 6.54 Å². The monoisotopic (exact) mass is 298 g/mol. The maximum Gasteiger partial charge on any atom is 0.269 e. The zero-order valence-corrected chi connectivity index (χ0v) is 11.6. The number of nitrogens with zero attached hydrogens (tertiary/aromatic N) is 2. The van der Waals surface area contributed by atoms with Crippen LogP contribution in [0.15, 0.2) is 66.9 Å². The quantitative estimate of drug-likeness (QED) is 0.383. The Morgan fingerprint density at radius 2 is 1.77 bits per heavy atom. The highest BCUT2D eigenvalue weighted by atomic mass is 16.6. The van der Waals surface area contributed by atoms with Gasteiger partial charge in [0.15, 0.2) is 5.78 Å². The van der Waals surface area contributed by atoms with Crippen molar-refractivity contribution in [3.8, 4) is 0 Å². The van der Waals surface area contributed by atoms with Crippen LogP contribution < -0.4 is 0 Å². The van der Waals surface area contributed by atoms with Crippen LogP contribution in [-0.2, 0) is 6.54 Å². The topological polar surface area (TPSA) is 83.7 Å². The summed E-state index contributed by atoms with van der Waals surface area (Å²) < 4.78 is 0. The van der Waals surface area contributed by atoms with Crippen LogP contribution in [0.3, 0.4) is 0 Å². The number of benzene rings is 2. The standard InChI is InChI=1S/C16H14N2O4/c19-16(14-6-8-15(9-7-14)18(21)22)10-11-17(20)12-13-4-2-1-3-5-13/h1-11,20H,12H2/b11-10-. The molecule has 0 bridgehead atoms. The van der Waals surface area contributed by atoms with E-state index in [2.05, 4.69) is 0 Å². The maximum atomic E-state index is 11.9. The first-order valence-corrected chi connectivity index (χ1v) is 6.52. The molecule has 0 fully saturated rings. The summed E-state index contributed by atoms with van der Waals surface area (Å²) in [6, 6.07) is 14.6. The van der Waals surface area contributed by atoms with Crippen LogP contribution in [0.1, 0.15) is 15.9 Å². The fraction of sp³-hybridized carbons (Fsp3) is 0.0625. The number of carbonyl (C=O) groups is 1. The van der Waals surface area contributed by atoms with E-state index in [1.807, 2.05) is 30.3 Å². The predicted molar refractivity (Wildman–Crippen MR) is 80.3 cm³/mol. The van der Waals surface area contributed by atoms with Gasteiger partial charge in [-0.15, -0.1) is 0 Å². The molecule has 0 aromatic heterocycles. The first-order valence-electron chi connectivity index (χ1n) is 6.52. The van der Waals surface area contributed by atoms with Gasteiger partial charge in [-0.25, -0.2) is 0 Å². The van der Waals surface area contributed by atoms with E-state index in [0.717, 1.165) is 10.6 Å². The first-order chi connectivity index (χ1) is 10.6. The molecule has 0 saturated heterocycles. The molecule has 22 heavy (non-hydrogen) atoms. The van der Waals surface area contributed by atoms with Gasteiger partial charge in [0, 0.05) is 30.0 Å². The van der Waals surface area contributed by atoms with Crippen LogP contribution in [-0.4, -0.2) is 21.0 Å². The van der Waals surface area contributed by atoms with Gasteiger partial charge in [0.25, 0.3) is 5.69 Å². The third-order valence-corrected chi connectivity index (χ3v) is 2.95. The molecule has 0 radical (unpaired) electrons. The number of ketones is 1. The summed E-state index contributed by atoms with van der Waals surface area (Å²) in [6.07, 6.45) is 2.47. The Labute approximate surface area is 127 Å². The van der Waals surface area contributed by atoms with Gasteiger partial charge in [-0.3, -0.25) is 25.2 Å². The molecular formula is C16H14N2O4.